The largest absolute Gasteiger partial charge is 0.198 e. The van der Waals surface area contributed by atoms with Gasteiger partial charge in [-0.1, -0.05) is 38.8 Å². The fourth-order valence-corrected chi connectivity index (χ4v) is 1.93. The van der Waals surface area contributed by atoms with Crippen molar-refractivity contribution in [3.8, 4) is 12.1 Å². The van der Waals surface area contributed by atoms with E-state index in [2.05, 4.69) is 32.9 Å². The van der Waals surface area contributed by atoms with Gasteiger partial charge in [-0.2, -0.15) is 10.5 Å². The van der Waals surface area contributed by atoms with E-state index in [1.165, 1.54) is 5.57 Å². The van der Waals surface area contributed by atoms with E-state index in [0.717, 1.165) is 12.8 Å². The van der Waals surface area contributed by atoms with Gasteiger partial charge in [0.05, 0.1) is 12.1 Å². The smallest absolute Gasteiger partial charge is 0.0988 e. The summed E-state index contributed by atoms with van der Waals surface area (Å²) >= 11 is 0. The molecule has 0 saturated heterocycles. The van der Waals surface area contributed by atoms with Gasteiger partial charge in [-0.25, -0.2) is 0 Å². The molecule has 0 bridgehead atoms. The van der Waals surface area contributed by atoms with Gasteiger partial charge in [-0.15, -0.1) is 0 Å². The third kappa shape index (κ3) is 5.36. The molecule has 1 unspecified atom stereocenters. The van der Waals surface area contributed by atoms with E-state index < -0.39 is 0 Å². The molecule has 0 aliphatic carbocycles. The summed E-state index contributed by atoms with van der Waals surface area (Å²) in [6.07, 6.45) is 6.32. The van der Waals surface area contributed by atoms with Gasteiger partial charge in [-0.05, 0) is 31.3 Å². The summed E-state index contributed by atoms with van der Waals surface area (Å²) < 4.78 is 0. The fraction of sp³-hybridized carbons (Fsp3) is 0.600. The number of hydrogen-bond acceptors (Lipinski definition) is 2. The van der Waals surface area contributed by atoms with Crippen LogP contribution in [0.2, 0.25) is 0 Å². The Morgan fingerprint density at radius 1 is 1.29 bits per heavy atom. The molecule has 0 aliphatic rings. The second-order valence-electron chi connectivity index (χ2n) is 4.54. The van der Waals surface area contributed by atoms with E-state index in [1.54, 1.807) is 0 Å². The summed E-state index contributed by atoms with van der Waals surface area (Å²) in [4.78, 5) is 0. The fourth-order valence-electron chi connectivity index (χ4n) is 1.93. The molecule has 0 N–H and O–H groups in total. The monoisotopic (exact) mass is 230 g/mol. The van der Waals surface area contributed by atoms with Crippen molar-refractivity contribution in [3.05, 3.63) is 23.3 Å². The average molecular weight is 230 g/mol. The highest BCUT2D eigenvalue weighted by molar-refractivity contribution is 5.36. The molecule has 0 aromatic carbocycles. The van der Waals surface area contributed by atoms with Crippen molar-refractivity contribution >= 4 is 0 Å². The molecular weight excluding hydrogens is 208 g/mol. The molecule has 2 heteroatoms. The van der Waals surface area contributed by atoms with Crippen molar-refractivity contribution in [2.45, 2.75) is 47.0 Å². The standard InChI is InChI=1S/C15H22N2/c1-5-7-14(10-13(6-2)11-17)15(8-9-16)12(3)4/h6,10,12,15H,5,7-8H2,1-4H3/b13-6+,14-10+. The summed E-state index contributed by atoms with van der Waals surface area (Å²) in [6.45, 7) is 8.26. The second kappa shape index (κ2) is 8.59. The van der Waals surface area contributed by atoms with Crippen LogP contribution in [0.15, 0.2) is 23.3 Å². The van der Waals surface area contributed by atoms with Gasteiger partial charge >= 0.3 is 0 Å². The first-order valence-corrected chi connectivity index (χ1v) is 6.24. The van der Waals surface area contributed by atoms with Crippen LogP contribution < -0.4 is 0 Å². The lowest BCUT2D eigenvalue weighted by Gasteiger charge is -2.21. The molecule has 0 spiro atoms. The highest BCUT2D eigenvalue weighted by Gasteiger charge is 2.17. The molecule has 0 heterocycles. The van der Waals surface area contributed by atoms with Gasteiger partial charge in [0, 0.05) is 12.0 Å². The Morgan fingerprint density at radius 3 is 2.29 bits per heavy atom. The van der Waals surface area contributed by atoms with Crippen LogP contribution >= 0.6 is 0 Å². The lowest BCUT2D eigenvalue weighted by atomic mass is 9.83. The molecule has 0 saturated carbocycles. The van der Waals surface area contributed by atoms with Gasteiger partial charge in [0.1, 0.15) is 0 Å². The Balaban J connectivity index is 5.19. The van der Waals surface area contributed by atoms with Crippen LogP contribution in [0.4, 0.5) is 0 Å². The van der Waals surface area contributed by atoms with Crippen molar-refractivity contribution in [1.82, 2.24) is 0 Å². The highest BCUT2D eigenvalue weighted by Crippen LogP contribution is 2.28. The average Bonchev–Trinajstić information content (AvgIpc) is 2.31. The van der Waals surface area contributed by atoms with E-state index >= 15 is 0 Å². The minimum Gasteiger partial charge on any atom is -0.198 e. The van der Waals surface area contributed by atoms with Crippen LogP contribution in [-0.2, 0) is 0 Å². The van der Waals surface area contributed by atoms with Crippen molar-refractivity contribution in [1.29, 1.82) is 10.5 Å². The van der Waals surface area contributed by atoms with E-state index in [9.17, 15) is 0 Å². The van der Waals surface area contributed by atoms with E-state index in [4.69, 9.17) is 10.5 Å². The van der Waals surface area contributed by atoms with Crippen LogP contribution in [0.3, 0.4) is 0 Å². The molecule has 0 radical (unpaired) electrons. The summed E-state index contributed by atoms with van der Waals surface area (Å²) in [6, 6.07) is 4.43. The lowest BCUT2D eigenvalue weighted by Crippen LogP contribution is -2.11. The SMILES string of the molecule is C/C=C(C#N)\C=C(/CCC)C(CC#N)C(C)C. The van der Waals surface area contributed by atoms with E-state index in [0.29, 0.717) is 17.9 Å². The third-order valence-electron chi connectivity index (χ3n) is 2.91. The summed E-state index contributed by atoms with van der Waals surface area (Å²) in [7, 11) is 0. The zero-order valence-corrected chi connectivity index (χ0v) is 11.3. The Bertz CT molecular complexity index is 361. The Labute approximate surface area is 105 Å². The zero-order chi connectivity index (χ0) is 13.3. The first-order valence-electron chi connectivity index (χ1n) is 6.24. The van der Waals surface area contributed by atoms with Crippen LogP contribution in [0.1, 0.15) is 47.0 Å². The molecule has 1 atom stereocenters. The third-order valence-corrected chi connectivity index (χ3v) is 2.91. The van der Waals surface area contributed by atoms with Gasteiger partial charge in [-0.3, -0.25) is 0 Å². The predicted molar refractivity (Wildman–Crippen MR) is 70.9 cm³/mol. The zero-order valence-electron chi connectivity index (χ0n) is 11.3. The van der Waals surface area contributed by atoms with Crippen molar-refractivity contribution in [2.24, 2.45) is 11.8 Å². The Kier molecular flexibility index (Phi) is 7.82. The van der Waals surface area contributed by atoms with Crippen molar-refractivity contribution in [2.75, 3.05) is 0 Å². The van der Waals surface area contributed by atoms with Gasteiger partial charge in [0.2, 0.25) is 0 Å². The Hall–Kier alpha value is -1.54. The summed E-state index contributed by atoms with van der Waals surface area (Å²) in [5.74, 6) is 0.701. The molecule has 0 aliphatic heterocycles. The number of rotatable bonds is 6. The van der Waals surface area contributed by atoms with Crippen LogP contribution in [0, 0.1) is 34.5 Å². The molecule has 0 rings (SSSR count). The maximum Gasteiger partial charge on any atom is 0.0988 e. The summed E-state index contributed by atoms with van der Waals surface area (Å²) in [5.41, 5.74) is 1.93. The molecule has 0 aromatic heterocycles. The lowest BCUT2D eigenvalue weighted by molar-refractivity contribution is 0.437. The molecule has 0 fully saturated rings. The predicted octanol–water partition coefficient (Wildman–Crippen LogP) is 4.37. The van der Waals surface area contributed by atoms with Gasteiger partial charge in [0.15, 0.2) is 0 Å². The van der Waals surface area contributed by atoms with Crippen molar-refractivity contribution < 1.29 is 0 Å². The molecule has 0 aromatic rings. The van der Waals surface area contributed by atoms with Crippen LogP contribution in [-0.4, -0.2) is 0 Å². The molecule has 92 valence electrons. The van der Waals surface area contributed by atoms with Gasteiger partial charge < -0.3 is 0 Å². The normalized spacial score (nSPS) is 14.3. The molecule has 0 amide bonds. The van der Waals surface area contributed by atoms with E-state index in [1.807, 2.05) is 19.1 Å². The van der Waals surface area contributed by atoms with Crippen molar-refractivity contribution in [3.63, 3.8) is 0 Å². The molecule has 17 heavy (non-hydrogen) atoms. The minimum atomic E-state index is 0.267. The minimum absolute atomic E-state index is 0.267. The maximum atomic E-state index is 8.97. The Morgan fingerprint density at radius 2 is 1.94 bits per heavy atom. The summed E-state index contributed by atoms with van der Waals surface area (Å²) in [5, 5.41) is 17.9. The van der Waals surface area contributed by atoms with E-state index in [-0.39, 0.29) is 5.92 Å². The first kappa shape index (κ1) is 15.5. The molecule has 2 nitrogen and oxygen atoms in total. The molecular formula is C15H22N2. The first-order chi connectivity index (χ1) is 8.10. The number of hydrogen-bond donors (Lipinski definition) is 0. The highest BCUT2D eigenvalue weighted by atomic mass is 14.3. The maximum absolute atomic E-state index is 8.97. The van der Waals surface area contributed by atoms with Crippen LogP contribution in [0.5, 0.6) is 0 Å². The van der Waals surface area contributed by atoms with Gasteiger partial charge in [0.25, 0.3) is 0 Å². The second-order valence-corrected chi connectivity index (χ2v) is 4.54. The topological polar surface area (TPSA) is 47.6 Å². The number of allylic oxidation sites excluding steroid dienone is 4. The number of nitrogens with zero attached hydrogens (tertiary/aromatic N) is 2. The quantitative estimate of drug-likeness (QED) is 0.502. The van der Waals surface area contributed by atoms with Crippen LogP contribution in [0.25, 0.3) is 0 Å². The number of nitriles is 2.